The lowest BCUT2D eigenvalue weighted by atomic mass is 10.1. The molecule has 0 atom stereocenters. The summed E-state index contributed by atoms with van der Waals surface area (Å²) in [5.41, 5.74) is 2.38. The number of nitrogens with zero attached hydrogens (tertiary/aromatic N) is 1. The van der Waals surface area contributed by atoms with Crippen molar-refractivity contribution in [2.75, 3.05) is 13.6 Å². The van der Waals surface area contributed by atoms with Gasteiger partial charge in [-0.3, -0.25) is 4.98 Å². The average Bonchev–Trinajstić information content (AvgIpc) is 2.20. The van der Waals surface area contributed by atoms with Crippen molar-refractivity contribution in [2.24, 2.45) is 0 Å². The van der Waals surface area contributed by atoms with Crippen LogP contribution in [0.15, 0.2) is 28.4 Å². The first-order chi connectivity index (χ1) is 6.76. The van der Waals surface area contributed by atoms with Crippen LogP contribution in [0, 0.1) is 0 Å². The second-order valence-corrected chi connectivity index (χ2v) is 4.00. The summed E-state index contributed by atoms with van der Waals surface area (Å²) in [5, 5.41) is 3.15. The fraction of sp³-hybridized carbons (Fsp3) is 0.364. The van der Waals surface area contributed by atoms with Gasteiger partial charge in [-0.1, -0.05) is 12.5 Å². The van der Waals surface area contributed by atoms with Gasteiger partial charge in [-0.15, -0.1) is 0 Å². The molecular formula is C11H15BrN2. The van der Waals surface area contributed by atoms with Crippen LogP contribution in [0.3, 0.4) is 0 Å². The van der Waals surface area contributed by atoms with Crippen LogP contribution in [-0.4, -0.2) is 18.6 Å². The predicted molar refractivity (Wildman–Crippen MR) is 64.1 cm³/mol. The highest BCUT2D eigenvalue weighted by Gasteiger charge is 1.94. The van der Waals surface area contributed by atoms with E-state index >= 15 is 0 Å². The number of halogens is 1. The van der Waals surface area contributed by atoms with Gasteiger partial charge in [0, 0.05) is 17.2 Å². The minimum Gasteiger partial charge on any atom is -0.316 e. The van der Waals surface area contributed by atoms with Gasteiger partial charge in [-0.25, -0.2) is 0 Å². The predicted octanol–water partition coefficient (Wildman–Crippen LogP) is 2.86. The smallest absolute Gasteiger partial charge is 0.0630 e. The van der Waals surface area contributed by atoms with Gasteiger partial charge in [-0.05, 0) is 47.6 Å². The summed E-state index contributed by atoms with van der Waals surface area (Å²) in [6, 6.07) is 4.01. The van der Waals surface area contributed by atoms with E-state index in [2.05, 4.69) is 39.2 Å². The number of rotatable bonds is 4. The zero-order valence-electron chi connectivity index (χ0n) is 8.55. The summed E-state index contributed by atoms with van der Waals surface area (Å²) in [6.45, 7) is 3.08. The summed E-state index contributed by atoms with van der Waals surface area (Å²) >= 11 is 3.36. The van der Waals surface area contributed by atoms with E-state index in [1.54, 1.807) is 0 Å². The van der Waals surface area contributed by atoms with Crippen molar-refractivity contribution in [2.45, 2.75) is 13.3 Å². The lowest BCUT2D eigenvalue weighted by molar-refractivity contribution is 0.850. The van der Waals surface area contributed by atoms with Crippen molar-refractivity contribution in [3.63, 3.8) is 0 Å². The Kier molecular flexibility index (Phi) is 4.84. The van der Waals surface area contributed by atoms with Crippen LogP contribution in [-0.2, 0) is 0 Å². The molecule has 0 aliphatic rings. The second-order valence-electron chi connectivity index (χ2n) is 3.09. The third kappa shape index (κ3) is 3.60. The minimum absolute atomic E-state index is 0.925. The molecular weight excluding hydrogens is 240 g/mol. The first-order valence-corrected chi connectivity index (χ1v) is 5.51. The lowest BCUT2D eigenvalue weighted by Crippen LogP contribution is -2.09. The van der Waals surface area contributed by atoms with Crippen molar-refractivity contribution in [1.82, 2.24) is 10.3 Å². The fourth-order valence-electron chi connectivity index (χ4n) is 1.19. The van der Waals surface area contributed by atoms with Crippen LogP contribution in [0.25, 0.3) is 6.08 Å². The number of pyridine rings is 1. The molecule has 0 aliphatic heterocycles. The van der Waals surface area contributed by atoms with E-state index in [1.165, 1.54) is 5.57 Å². The van der Waals surface area contributed by atoms with Gasteiger partial charge in [0.1, 0.15) is 0 Å². The van der Waals surface area contributed by atoms with Gasteiger partial charge in [0.2, 0.25) is 0 Å². The number of hydrogen-bond acceptors (Lipinski definition) is 2. The Morgan fingerprint density at radius 3 is 2.86 bits per heavy atom. The molecule has 1 N–H and O–H groups in total. The van der Waals surface area contributed by atoms with E-state index in [1.807, 2.05) is 25.4 Å². The molecule has 76 valence electrons. The summed E-state index contributed by atoms with van der Waals surface area (Å²) < 4.78 is 1.02. The van der Waals surface area contributed by atoms with Crippen LogP contribution in [0.4, 0.5) is 0 Å². The van der Waals surface area contributed by atoms with Gasteiger partial charge >= 0.3 is 0 Å². The third-order valence-corrected chi connectivity index (χ3v) is 2.43. The quantitative estimate of drug-likeness (QED) is 0.894. The average molecular weight is 255 g/mol. The second kappa shape index (κ2) is 5.94. The zero-order valence-corrected chi connectivity index (χ0v) is 10.1. The van der Waals surface area contributed by atoms with Gasteiger partial charge in [-0.2, -0.15) is 0 Å². The SMILES string of the molecule is CC/C(=C/c1ccc(Br)cn1)CNC. The molecule has 0 aliphatic carbocycles. The van der Waals surface area contributed by atoms with E-state index in [4.69, 9.17) is 0 Å². The zero-order chi connectivity index (χ0) is 10.4. The molecule has 0 radical (unpaired) electrons. The summed E-state index contributed by atoms with van der Waals surface area (Å²) in [7, 11) is 1.96. The van der Waals surface area contributed by atoms with Crippen molar-refractivity contribution in [1.29, 1.82) is 0 Å². The Morgan fingerprint density at radius 2 is 2.36 bits per heavy atom. The summed E-state index contributed by atoms with van der Waals surface area (Å²) in [4.78, 5) is 4.30. The Bertz CT molecular complexity index is 304. The molecule has 0 bridgehead atoms. The van der Waals surface area contributed by atoms with Crippen LogP contribution in [0.2, 0.25) is 0 Å². The van der Waals surface area contributed by atoms with E-state index in [-0.39, 0.29) is 0 Å². The molecule has 0 aromatic carbocycles. The van der Waals surface area contributed by atoms with Crippen molar-refractivity contribution in [3.8, 4) is 0 Å². The highest BCUT2D eigenvalue weighted by Crippen LogP contribution is 2.11. The van der Waals surface area contributed by atoms with Crippen LogP contribution >= 0.6 is 15.9 Å². The maximum absolute atomic E-state index is 4.30. The van der Waals surface area contributed by atoms with Gasteiger partial charge in [0.25, 0.3) is 0 Å². The molecule has 0 unspecified atom stereocenters. The van der Waals surface area contributed by atoms with Crippen LogP contribution in [0.5, 0.6) is 0 Å². The number of nitrogens with one attached hydrogen (secondary N) is 1. The fourth-order valence-corrected chi connectivity index (χ4v) is 1.42. The van der Waals surface area contributed by atoms with E-state index in [9.17, 15) is 0 Å². The molecule has 1 aromatic heterocycles. The number of aromatic nitrogens is 1. The summed E-state index contributed by atoms with van der Waals surface area (Å²) in [6.07, 6.45) is 5.00. The molecule has 0 saturated carbocycles. The van der Waals surface area contributed by atoms with E-state index in [0.29, 0.717) is 0 Å². The first-order valence-electron chi connectivity index (χ1n) is 4.72. The molecule has 1 heterocycles. The first kappa shape index (κ1) is 11.4. The van der Waals surface area contributed by atoms with Crippen LogP contribution < -0.4 is 5.32 Å². The maximum atomic E-state index is 4.30. The highest BCUT2D eigenvalue weighted by atomic mass is 79.9. The summed E-state index contributed by atoms with van der Waals surface area (Å²) in [5.74, 6) is 0. The van der Waals surface area contributed by atoms with Gasteiger partial charge in [0.15, 0.2) is 0 Å². The Hall–Kier alpha value is -0.670. The van der Waals surface area contributed by atoms with Crippen LogP contribution in [0.1, 0.15) is 19.0 Å². The van der Waals surface area contributed by atoms with E-state index < -0.39 is 0 Å². The van der Waals surface area contributed by atoms with Crippen molar-refractivity contribution in [3.05, 3.63) is 34.1 Å². The van der Waals surface area contributed by atoms with Gasteiger partial charge in [0.05, 0.1) is 5.69 Å². The molecule has 0 fully saturated rings. The molecule has 1 rings (SSSR count). The largest absolute Gasteiger partial charge is 0.316 e. The number of hydrogen-bond donors (Lipinski definition) is 1. The van der Waals surface area contributed by atoms with Crippen molar-refractivity contribution >= 4 is 22.0 Å². The Balaban J connectivity index is 2.78. The van der Waals surface area contributed by atoms with Gasteiger partial charge < -0.3 is 5.32 Å². The molecule has 0 saturated heterocycles. The maximum Gasteiger partial charge on any atom is 0.0630 e. The topological polar surface area (TPSA) is 24.9 Å². The molecule has 0 spiro atoms. The standard InChI is InChI=1S/C11H15BrN2/c1-3-9(7-13-2)6-11-5-4-10(12)8-14-11/h4-6,8,13H,3,7H2,1-2H3/b9-6-. The normalized spacial score (nSPS) is 11.8. The van der Waals surface area contributed by atoms with E-state index in [0.717, 1.165) is 23.1 Å². The molecule has 0 amide bonds. The molecule has 14 heavy (non-hydrogen) atoms. The Labute approximate surface area is 93.6 Å². The molecule has 1 aromatic rings. The highest BCUT2D eigenvalue weighted by molar-refractivity contribution is 9.10. The molecule has 3 heteroatoms. The monoisotopic (exact) mass is 254 g/mol. The Morgan fingerprint density at radius 1 is 1.57 bits per heavy atom. The number of likely N-dealkylation sites (N-methyl/N-ethyl adjacent to an activating group) is 1. The third-order valence-electron chi connectivity index (χ3n) is 1.96. The van der Waals surface area contributed by atoms with Crippen molar-refractivity contribution < 1.29 is 0 Å². The lowest BCUT2D eigenvalue weighted by Gasteiger charge is -2.02. The minimum atomic E-state index is 0.925. The molecule has 2 nitrogen and oxygen atoms in total.